The maximum Gasteiger partial charge on any atom is 0.472 e. The van der Waals surface area contributed by atoms with Crippen LogP contribution in [-0.4, -0.2) is 41.5 Å². The van der Waals surface area contributed by atoms with Crippen molar-refractivity contribution in [2.45, 2.75) is 0 Å². The van der Waals surface area contributed by atoms with Gasteiger partial charge in [-0.1, -0.05) is 0 Å². The van der Waals surface area contributed by atoms with Crippen LogP contribution >= 0.6 is 7.82 Å². The summed E-state index contributed by atoms with van der Waals surface area (Å²) in [5.41, 5.74) is -0.948. The fraction of sp³-hybridized carbons (Fsp3) is 1.00. The summed E-state index contributed by atoms with van der Waals surface area (Å²) in [5, 5.41) is 17.6. The molecular formula is C5H11O6P. The molecule has 72 valence electrons. The predicted molar refractivity (Wildman–Crippen MR) is 38.3 cm³/mol. The lowest BCUT2D eigenvalue weighted by Crippen LogP contribution is -2.41. The quantitative estimate of drug-likeness (QED) is 0.498. The molecule has 0 saturated carbocycles. The van der Waals surface area contributed by atoms with Crippen molar-refractivity contribution in [3.8, 4) is 0 Å². The molecule has 0 aromatic heterocycles. The third kappa shape index (κ3) is 2.04. The molecule has 0 radical (unpaired) electrons. The molecule has 1 aliphatic heterocycles. The Labute approximate surface area is 69.4 Å². The highest BCUT2D eigenvalue weighted by molar-refractivity contribution is 7.47. The molecule has 1 heterocycles. The van der Waals surface area contributed by atoms with Gasteiger partial charge in [0.25, 0.3) is 0 Å². The fourth-order valence-electron chi connectivity index (χ4n) is 0.749. The second-order valence-electron chi connectivity index (χ2n) is 2.83. The number of hydrogen-bond donors (Lipinski definition) is 3. The number of phosphoric acid groups is 1. The first-order valence-electron chi connectivity index (χ1n) is 3.37. The minimum atomic E-state index is -3.92. The predicted octanol–water partition coefficient (Wildman–Crippen LogP) is -0.895. The molecule has 0 aromatic carbocycles. The SMILES string of the molecule is O=P1(O)OCC(CO)(CO)CO1. The minimum absolute atomic E-state index is 0.173. The highest BCUT2D eigenvalue weighted by atomic mass is 31.2. The second-order valence-corrected chi connectivity index (χ2v) is 4.29. The fourth-order valence-corrected chi connectivity index (χ4v) is 1.70. The van der Waals surface area contributed by atoms with Gasteiger partial charge in [-0.15, -0.1) is 0 Å². The van der Waals surface area contributed by atoms with Gasteiger partial charge in [0, 0.05) is 0 Å². The van der Waals surface area contributed by atoms with Gasteiger partial charge in [-0.2, -0.15) is 0 Å². The van der Waals surface area contributed by atoms with Crippen molar-refractivity contribution >= 4 is 7.82 Å². The van der Waals surface area contributed by atoms with E-state index in [9.17, 15) is 4.57 Å². The van der Waals surface area contributed by atoms with Gasteiger partial charge in [0.15, 0.2) is 0 Å². The highest BCUT2D eigenvalue weighted by Gasteiger charge is 2.40. The Kier molecular flexibility index (Phi) is 2.88. The van der Waals surface area contributed by atoms with E-state index in [4.69, 9.17) is 15.1 Å². The van der Waals surface area contributed by atoms with Crippen molar-refractivity contribution in [1.29, 1.82) is 0 Å². The molecule has 7 heteroatoms. The normalized spacial score (nSPS) is 26.9. The Balaban J connectivity index is 2.59. The molecule has 3 N–H and O–H groups in total. The number of rotatable bonds is 2. The molecule has 0 unspecified atom stereocenters. The lowest BCUT2D eigenvalue weighted by molar-refractivity contribution is -0.0647. The Bertz CT molecular complexity index is 186. The molecule has 1 saturated heterocycles. The van der Waals surface area contributed by atoms with Crippen LogP contribution < -0.4 is 0 Å². The monoisotopic (exact) mass is 198 g/mol. The second kappa shape index (κ2) is 3.41. The summed E-state index contributed by atoms with van der Waals surface area (Å²) in [4.78, 5) is 8.75. The lowest BCUT2D eigenvalue weighted by Gasteiger charge is -2.34. The first kappa shape index (κ1) is 10.1. The van der Waals surface area contributed by atoms with Gasteiger partial charge in [0.2, 0.25) is 0 Å². The van der Waals surface area contributed by atoms with Crippen LogP contribution in [0.5, 0.6) is 0 Å². The van der Waals surface area contributed by atoms with Crippen molar-refractivity contribution in [1.82, 2.24) is 0 Å². The van der Waals surface area contributed by atoms with E-state index >= 15 is 0 Å². The first-order chi connectivity index (χ1) is 5.54. The molecule has 0 bridgehead atoms. The zero-order valence-corrected chi connectivity index (χ0v) is 7.24. The average molecular weight is 198 g/mol. The smallest absolute Gasteiger partial charge is 0.396 e. The average Bonchev–Trinajstić information content (AvgIpc) is 2.06. The summed E-state index contributed by atoms with van der Waals surface area (Å²) in [6.45, 7) is -1.03. The van der Waals surface area contributed by atoms with Crippen LogP contribution in [0.2, 0.25) is 0 Å². The summed E-state index contributed by atoms with van der Waals surface area (Å²) >= 11 is 0. The number of hydrogen-bond acceptors (Lipinski definition) is 5. The molecule has 0 atom stereocenters. The van der Waals surface area contributed by atoms with Gasteiger partial charge in [0.1, 0.15) is 0 Å². The van der Waals surface area contributed by atoms with Crippen LogP contribution in [0.4, 0.5) is 0 Å². The molecule has 0 aliphatic carbocycles. The third-order valence-electron chi connectivity index (χ3n) is 1.74. The standard InChI is InChI=1S/C5H11O6P/c6-1-5(2-7)3-10-12(8,9)11-4-5/h6-7H,1-4H2,(H,8,9). The highest BCUT2D eigenvalue weighted by Crippen LogP contribution is 2.49. The van der Waals surface area contributed by atoms with Gasteiger partial charge in [-0.05, 0) is 0 Å². The summed E-state index contributed by atoms with van der Waals surface area (Å²) in [7, 11) is -3.92. The Morgan fingerprint density at radius 1 is 1.25 bits per heavy atom. The molecular weight excluding hydrogens is 187 g/mol. The van der Waals surface area contributed by atoms with Crippen molar-refractivity contribution in [2.24, 2.45) is 5.41 Å². The van der Waals surface area contributed by atoms with E-state index in [1.807, 2.05) is 0 Å². The van der Waals surface area contributed by atoms with E-state index in [2.05, 4.69) is 9.05 Å². The van der Waals surface area contributed by atoms with Gasteiger partial charge in [0.05, 0.1) is 31.8 Å². The van der Waals surface area contributed by atoms with Crippen LogP contribution in [0.1, 0.15) is 0 Å². The zero-order valence-electron chi connectivity index (χ0n) is 6.34. The van der Waals surface area contributed by atoms with Gasteiger partial charge < -0.3 is 15.1 Å². The van der Waals surface area contributed by atoms with Crippen molar-refractivity contribution in [3.63, 3.8) is 0 Å². The molecule has 6 nitrogen and oxygen atoms in total. The number of aliphatic hydroxyl groups excluding tert-OH is 2. The summed E-state index contributed by atoms with van der Waals surface area (Å²) in [5.74, 6) is 0. The van der Waals surface area contributed by atoms with E-state index < -0.39 is 13.2 Å². The van der Waals surface area contributed by atoms with Crippen molar-refractivity contribution in [2.75, 3.05) is 26.4 Å². The van der Waals surface area contributed by atoms with Gasteiger partial charge in [-0.3, -0.25) is 9.05 Å². The molecule has 0 aromatic rings. The van der Waals surface area contributed by atoms with Crippen LogP contribution in [-0.2, 0) is 13.6 Å². The van der Waals surface area contributed by atoms with E-state index in [0.29, 0.717) is 0 Å². The Hall–Kier alpha value is 0.0300. The first-order valence-corrected chi connectivity index (χ1v) is 4.87. The molecule has 12 heavy (non-hydrogen) atoms. The van der Waals surface area contributed by atoms with E-state index in [1.165, 1.54) is 0 Å². The molecule has 0 spiro atoms. The van der Waals surface area contributed by atoms with Crippen LogP contribution in [0.25, 0.3) is 0 Å². The van der Waals surface area contributed by atoms with Crippen LogP contribution in [0.3, 0.4) is 0 Å². The Morgan fingerprint density at radius 3 is 2.00 bits per heavy atom. The third-order valence-corrected chi connectivity index (χ3v) is 2.65. The number of aliphatic hydroxyl groups is 2. The molecule has 0 amide bonds. The van der Waals surface area contributed by atoms with E-state index in [0.717, 1.165) is 0 Å². The topological polar surface area (TPSA) is 96.2 Å². The van der Waals surface area contributed by atoms with E-state index in [-0.39, 0.29) is 26.4 Å². The largest absolute Gasteiger partial charge is 0.472 e. The zero-order chi connectivity index (χ0) is 9.24. The lowest BCUT2D eigenvalue weighted by atomic mass is 9.93. The van der Waals surface area contributed by atoms with Gasteiger partial charge >= 0.3 is 7.82 Å². The molecule has 1 rings (SSSR count). The van der Waals surface area contributed by atoms with Crippen LogP contribution in [0.15, 0.2) is 0 Å². The van der Waals surface area contributed by atoms with Crippen molar-refractivity contribution in [3.05, 3.63) is 0 Å². The van der Waals surface area contributed by atoms with E-state index in [1.54, 1.807) is 0 Å². The molecule has 1 aliphatic rings. The summed E-state index contributed by atoms with van der Waals surface area (Å²) in [6, 6.07) is 0. The summed E-state index contributed by atoms with van der Waals surface area (Å²) in [6.07, 6.45) is 0. The number of phosphoric ester groups is 1. The maximum atomic E-state index is 10.7. The van der Waals surface area contributed by atoms with Crippen LogP contribution in [0, 0.1) is 5.41 Å². The Morgan fingerprint density at radius 2 is 1.67 bits per heavy atom. The van der Waals surface area contributed by atoms with Gasteiger partial charge in [-0.25, -0.2) is 4.57 Å². The molecule has 1 fully saturated rings. The maximum absolute atomic E-state index is 10.7. The van der Waals surface area contributed by atoms with Crippen molar-refractivity contribution < 1.29 is 28.7 Å². The summed E-state index contributed by atoms with van der Waals surface area (Å²) < 4.78 is 19.6. The minimum Gasteiger partial charge on any atom is -0.396 e.